The molecular formula is C24H37N3O17. The van der Waals surface area contributed by atoms with E-state index in [1.807, 2.05) is 0 Å². The lowest BCUT2D eigenvalue weighted by atomic mass is 9.93. The quantitative estimate of drug-likeness (QED) is 0.112. The van der Waals surface area contributed by atoms with Crippen molar-refractivity contribution in [1.29, 1.82) is 0 Å². The van der Waals surface area contributed by atoms with Crippen LogP contribution in [-0.4, -0.2) is 157 Å². The third-order valence-electron chi connectivity index (χ3n) is 7.19. The molecule has 0 bridgehead atoms. The van der Waals surface area contributed by atoms with Gasteiger partial charge in [0.1, 0.15) is 54.7 Å². The lowest BCUT2D eigenvalue weighted by Crippen LogP contribution is -2.71. The number of aliphatic hydroxyl groups excluding tert-OH is 5. The van der Waals surface area contributed by atoms with Crippen molar-refractivity contribution >= 4 is 29.7 Å². The minimum Gasteiger partial charge on any atom is -0.479 e. The maximum atomic E-state index is 12.3. The highest BCUT2D eigenvalue weighted by molar-refractivity contribution is 5.76. The number of carboxylic acid groups (broad SMARTS) is 2. The van der Waals surface area contributed by atoms with Crippen molar-refractivity contribution in [3.05, 3.63) is 0 Å². The predicted octanol–water partition coefficient (Wildman–Crippen LogP) is -5.93. The van der Waals surface area contributed by atoms with E-state index in [1.165, 1.54) is 6.92 Å². The lowest BCUT2D eigenvalue weighted by Gasteiger charge is -2.49. The van der Waals surface area contributed by atoms with Crippen molar-refractivity contribution in [3.8, 4) is 0 Å². The van der Waals surface area contributed by atoms with Crippen molar-refractivity contribution in [2.75, 3.05) is 0 Å². The second-order valence-corrected chi connectivity index (χ2v) is 10.6. The second-order valence-electron chi connectivity index (χ2n) is 10.6. The van der Waals surface area contributed by atoms with E-state index in [4.69, 9.17) is 23.7 Å². The van der Waals surface area contributed by atoms with Gasteiger partial charge in [-0.1, -0.05) is 0 Å². The highest BCUT2D eigenvalue weighted by atomic mass is 16.7. The van der Waals surface area contributed by atoms with Crippen molar-refractivity contribution in [3.63, 3.8) is 0 Å². The average Bonchev–Trinajstić information content (AvgIpc) is 2.90. The summed E-state index contributed by atoms with van der Waals surface area (Å²) in [6, 6.07) is -4.78. The Morgan fingerprint density at radius 3 is 1.48 bits per heavy atom. The van der Waals surface area contributed by atoms with E-state index in [0.29, 0.717) is 0 Å². The first-order valence-corrected chi connectivity index (χ1v) is 13.4. The molecule has 3 rings (SSSR count). The summed E-state index contributed by atoms with van der Waals surface area (Å²) in [6.45, 7) is 4.52. The fraction of sp³-hybridized carbons (Fsp3) is 0.792. The molecule has 0 aliphatic carbocycles. The minimum absolute atomic E-state index is 0.666. The van der Waals surface area contributed by atoms with Crippen molar-refractivity contribution in [2.45, 2.75) is 120 Å². The number of nitrogens with one attached hydrogen (secondary N) is 3. The third kappa shape index (κ3) is 7.77. The molecule has 0 aromatic heterocycles. The number of amides is 3. The first kappa shape index (κ1) is 35.4. The maximum Gasteiger partial charge on any atom is 0.335 e. The highest BCUT2D eigenvalue weighted by Crippen LogP contribution is 2.32. The van der Waals surface area contributed by atoms with Gasteiger partial charge in [0.25, 0.3) is 0 Å². The Balaban J connectivity index is 1.97. The zero-order valence-electron chi connectivity index (χ0n) is 23.9. The van der Waals surface area contributed by atoms with Crippen LogP contribution in [-0.2, 0) is 47.7 Å². The van der Waals surface area contributed by atoms with Gasteiger partial charge in [-0.15, -0.1) is 0 Å². The Labute approximate surface area is 249 Å². The molecule has 20 nitrogen and oxygen atoms in total. The van der Waals surface area contributed by atoms with Gasteiger partial charge in [-0.2, -0.15) is 0 Å². The Morgan fingerprint density at radius 1 is 0.568 bits per heavy atom. The summed E-state index contributed by atoms with van der Waals surface area (Å²) < 4.78 is 27.4. The van der Waals surface area contributed by atoms with E-state index in [-0.39, 0.29) is 0 Å². The first-order valence-electron chi connectivity index (χ1n) is 13.4. The van der Waals surface area contributed by atoms with Crippen LogP contribution in [0.1, 0.15) is 27.7 Å². The minimum atomic E-state index is -2.17. The molecule has 0 aromatic carbocycles. The molecule has 0 radical (unpaired) electrons. The summed E-state index contributed by atoms with van der Waals surface area (Å²) in [5.74, 6) is -5.75. The molecule has 0 saturated carbocycles. The van der Waals surface area contributed by atoms with Crippen LogP contribution in [0.5, 0.6) is 0 Å². The molecule has 0 unspecified atom stereocenters. The van der Waals surface area contributed by atoms with E-state index < -0.39 is 122 Å². The number of carboxylic acids is 2. The van der Waals surface area contributed by atoms with E-state index in [2.05, 4.69) is 16.0 Å². The number of aliphatic hydroxyl groups is 5. The number of rotatable bonds is 9. The zero-order chi connectivity index (χ0) is 33.2. The van der Waals surface area contributed by atoms with E-state index in [0.717, 1.165) is 20.8 Å². The molecule has 44 heavy (non-hydrogen) atoms. The van der Waals surface area contributed by atoms with Crippen molar-refractivity contribution < 1.29 is 83.4 Å². The maximum absolute atomic E-state index is 12.3. The smallest absolute Gasteiger partial charge is 0.335 e. The molecule has 3 heterocycles. The van der Waals surface area contributed by atoms with Gasteiger partial charge in [-0.05, 0) is 6.92 Å². The summed E-state index contributed by atoms with van der Waals surface area (Å²) in [5.41, 5.74) is 0. The Morgan fingerprint density at radius 2 is 1.00 bits per heavy atom. The number of hydrogen-bond donors (Lipinski definition) is 10. The van der Waals surface area contributed by atoms with E-state index >= 15 is 0 Å². The molecule has 3 fully saturated rings. The van der Waals surface area contributed by atoms with Crippen LogP contribution in [0, 0.1) is 0 Å². The van der Waals surface area contributed by atoms with Crippen LogP contribution in [0.15, 0.2) is 0 Å². The molecular weight excluding hydrogens is 602 g/mol. The second kappa shape index (κ2) is 14.4. The van der Waals surface area contributed by atoms with E-state index in [9.17, 15) is 59.7 Å². The number of hydrogen-bond acceptors (Lipinski definition) is 15. The molecule has 3 aliphatic rings. The van der Waals surface area contributed by atoms with Gasteiger partial charge in [0.2, 0.25) is 17.7 Å². The topological polar surface area (TPSA) is 309 Å². The highest BCUT2D eigenvalue weighted by Gasteiger charge is 2.56. The summed E-state index contributed by atoms with van der Waals surface area (Å²) in [4.78, 5) is 59.6. The monoisotopic (exact) mass is 639 g/mol. The summed E-state index contributed by atoms with van der Waals surface area (Å²) in [6.07, 6.45) is -22.2. The average molecular weight is 640 g/mol. The van der Waals surface area contributed by atoms with Crippen LogP contribution in [0.4, 0.5) is 0 Å². The van der Waals surface area contributed by atoms with Crippen LogP contribution in [0.2, 0.25) is 0 Å². The van der Waals surface area contributed by atoms with Crippen molar-refractivity contribution in [2.24, 2.45) is 0 Å². The van der Waals surface area contributed by atoms with Gasteiger partial charge in [0.05, 0.1) is 6.10 Å². The Kier molecular flexibility index (Phi) is 11.6. The van der Waals surface area contributed by atoms with Crippen molar-refractivity contribution in [1.82, 2.24) is 16.0 Å². The normalized spacial score (nSPS) is 42.5. The molecule has 15 atom stereocenters. The van der Waals surface area contributed by atoms with Gasteiger partial charge in [0, 0.05) is 20.8 Å². The Bertz CT molecular complexity index is 1090. The van der Waals surface area contributed by atoms with Crippen LogP contribution in [0.25, 0.3) is 0 Å². The summed E-state index contributed by atoms with van der Waals surface area (Å²) in [7, 11) is 0. The molecule has 3 aliphatic heterocycles. The predicted molar refractivity (Wildman–Crippen MR) is 136 cm³/mol. The molecule has 250 valence electrons. The fourth-order valence-electron chi connectivity index (χ4n) is 5.17. The molecule has 0 spiro atoms. The first-order chi connectivity index (χ1) is 20.4. The molecule has 10 N–H and O–H groups in total. The zero-order valence-corrected chi connectivity index (χ0v) is 23.9. The third-order valence-corrected chi connectivity index (χ3v) is 7.19. The number of aliphatic carboxylic acids is 2. The summed E-state index contributed by atoms with van der Waals surface area (Å²) in [5, 5.41) is 79.5. The lowest BCUT2D eigenvalue weighted by molar-refractivity contribution is -0.340. The van der Waals surface area contributed by atoms with Gasteiger partial charge < -0.3 is 75.4 Å². The molecule has 0 aromatic rings. The van der Waals surface area contributed by atoms with Crippen LogP contribution < -0.4 is 16.0 Å². The largest absolute Gasteiger partial charge is 0.479 e. The number of carbonyl (C=O) groups is 5. The molecule has 3 saturated heterocycles. The summed E-state index contributed by atoms with van der Waals surface area (Å²) >= 11 is 0. The van der Waals surface area contributed by atoms with Gasteiger partial charge in [-0.3, -0.25) is 14.4 Å². The van der Waals surface area contributed by atoms with Gasteiger partial charge in [0.15, 0.2) is 31.1 Å². The van der Waals surface area contributed by atoms with Gasteiger partial charge in [-0.25, -0.2) is 9.59 Å². The number of ether oxygens (including phenoxy) is 5. The van der Waals surface area contributed by atoms with Gasteiger partial charge >= 0.3 is 11.9 Å². The molecule has 20 heteroatoms. The van der Waals surface area contributed by atoms with Crippen LogP contribution >= 0.6 is 0 Å². The van der Waals surface area contributed by atoms with Crippen LogP contribution in [0.3, 0.4) is 0 Å². The fourth-order valence-corrected chi connectivity index (χ4v) is 5.17. The van der Waals surface area contributed by atoms with E-state index in [1.54, 1.807) is 0 Å². The standard InChI is InChI=1S/C24H37N3O17/c1-5-12(31)16(11(22(39)40-5)27-8(4)30)41-24-10(26-7(3)29)14(33)17(19(44-24)21(37)38)42-23-9(25-6(2)28)13(32)15(34)18(43-23)20(35)36/h5,9-19,22-24,31-34,39H,1-4H3,(H,25,28)(H,26,29)(H,27,30)(H,35,36)(H,37,38)/t5-,9+,10+,11-,12+,13-,14-,15+,16-,17+,18+,19+,22+,23-,24-/m1/s1. The Hall–Kier alpha value is -3.05. The number of carbonyl (C=O) groups excluding carboxylic acids is 3. The molecule has 3 amide bonds. The SMILES string of the molecule is CC(=O)N[C@@H]1[C@H](O[C@H]2[C@@H](O)[C@@H](C)O[C@H](O)[C@@H]2NC(C)=O)O[C@H](C(=O)O)[C@@H](O[C@@H]2O[C@H](C(=O)O)[C@@H](O)[C@H](O)[C@@H]2NC(C)=O)[C@@H]1O.